The molecule has 0 radical (unpaired) electrons. The standard InChI is InChI=1S/C21H25N5O4S/c1-21(2,28)17-12-31-19(24-17)15-9-14-16(3-4-22-18(14)23-15)25-5-7-26(8-6-25)20(27)30-13-10-29-11-13/h3-4,9,12-13,28H,5-8,10-11H2,1-2H3,(H,22,23). The summed E-state index contributed by atoms with van der Waals surface area (Å²) in [6.07, 6.45) is 1.42. The van der Waals surface area contributed by atoms with Gasteiger partial charge in [-0.25, -0.2) is 14.8 Å². The number of H-pyrrole nitrogens is 1. The highest BCUT2D eigenvalue weighted by atomic mass is 32.1. The summed E-state index contributed by atoms with van der Waals surface area (Å²) in [6, 6.07) is 4.06. The van der Waals surface area contributed by atoms with Crippen LogP contribution in [0, 0.1) is 0 Å². The minimum absolute atomic E-state index is 0.105. The quantitative estimate of drug-likeness (QED) is 0.639. The maximum Gasteiger partial charge on any atom is 0.410 e. The number of aliphatic hydroxyl groups is 1. The van der Waals surface area contributed by atoms with Crippen molar-refractivity contribution < 1.29 is 19.4 Å². The number of rotatable bonds is 4. The predicted octanol–water partition coefficient (Wildman–Crippen LogP) is 2.57. The average molecular weight is 444 g/mol. The summed E-state index contributed by atoms with van der Waals surface area (Å²) >= 11 is 1.49. The van der Waals surface area contributed by atoms with Crippen molar-refractivity contribution in [3.05, 3.63) is 29.4 Å². The van der Waals surface area contributed by atoms with Crippen molar-refractivity contribution >= 4 is 34.2 Å². The van der Waals surface area contributed by atoms with E-state index in [9.17, 15) is 9.90 Å². The van der Waals surface area contributed by atoms with E-state index in [0.717, 1.165) is 40.5 Å². The third-order valence-electron chi connectivity index (χ3n) is 5.62. The van der Waals surface area contributed by atoms with E-state index >= 15 is 0 Å². The van der Waals surface area contributed by atoms with Crippen LogP contribution in [0.2, 0.25) is 0 Å². The van der Waals surface area contributed by atoms with E-state index in [0.29, 0.717) is 32.0 Å². The van der Waals surface area contributed by atoms with E-state index in [1.807, 2.05) is 11.4 Å². The molecule has 3 aromatic rings. The average Bonchev–Trinajstić information content (AvgIpc) is 3.37. The van der Waals surface area contributed by atoms with Gasteiger partial charge in [-0.15, -0.1) is 11.3 Å². The van der Waals surface area contributed by atoms with Crippen molar-refractivity contribution in [3.63, 3.8) is 0 Å². The van der Waals surface area contributed by atoms with Crippen molar-refractivity contribution in [1.29, 1.82) is 0 Å². The van der Waals surface area contributed by atoms with Gasteiger partial charge in [-0.3, -0.25) is 0 Å². The number of hydrogen-bond donors (Lipinski definition) is 2. The fraction of sp³-hybridized carbons (Fsp3) is 0.476. The van der Waals surface area contributed by atoms with Crippen molar-refractivity contribution in [2.24, 2.45) is 0 Å². The molecule has 2 saturated heterocycles. The fourth-order valence-corrected chi connectivity index (χ4v) is 4.66. The number of nitrogens with one attached hydrogen (secondary N) is 1. The predicted molar refractivity (Wildman–Crippen MR) is 117 cm³/mol. The van der Waals surface area contributed by atoms with E-state index in [1.54, 1.807) is 24.9 Å². The Bertz CT molecular complexity index is 1090. The largest absolute Gasteiger partial charge is 0.441 e. The summed E-state index contributed by atoms with van der Waals surface area (Å²) in [6.45, 7) is 7.09. The molecule has 31 heavy (non-hydrogen) atoms. The van der Waals surface area contributed by atoms with Gasteiger partial charge in [-0.1, -0.05) is 0 Å². The van der Waals surface area contributed by atoms with Gasteiger partial charge in [0.15, 0.2) is 6.10 Å². The zero-order valence-corrected chi connectivity index (χ0v) is 18.3. The normalized spacial score (nSPS) is 17.8. The van der Waals surface area contributed by atoms with Crippen LogP contribution in [0.25, 0.3) is 21.7 Å². The molecule has 2 fully saturated rings. The van der Waals surface area contributed by atoms with Crippen LogP contribution in [0.15, 0.2) is 23.7 Å². The number of carbonyl (C=O) groups is 1. The molecule has 2 N–H and O–H groups in total. The molecule has 0 atom stereocenters. The van der Waals surface area contributed by atoms with Gasteiger partial charge in [0.25, 0.3) is 0 Å². The molecule has 0 saturated carbocycles. The number of fused-ring (bicyclic) bond motifs is 1. The third-order valence-corrected chi connectivity index (χ3v) is 6.50. The van der Waals surface area contributed by atoms with Gasteiger partial charge >= 0.3 is 6.09 Å². The summed E-state index contributed by atoms with van der Waals surface area (Å²) in [5, 5.41) is 13.9. The lowest BCUT2D eigenvalue weighted by Gasteiger charge is -2.37. The molecule has 9 nitrogen and oxygen atoms in total. The number of aromatic nitrogens is 3. The number of ether oxygens (including phenoxy) is 2. The molecule has 0 spiro atoms. The summed E-state index contributed by atoms with van der Waals surface area (Å²) in [7, 11) is 0. The minimum atomic E-state index is -0.976. The van der Waals surface area contributed by atoms with E-state index < -0.39 is 5.60 Å². The van der Waals surface area contributed by atoms with E-state index in [2.05, 4.69) is 25.9 Å². The molecule has 0 aliphatic carbocycles. The van der Waals surface area contributed by atoms with Gasteiger partial charge in [0, 0.05) is 48.8 Å². The molecule has 1 amide bonds. The molecule has 0 bridgehead atoms. The van der Waals surface area contributed by atoms with Crippen LogP contribution in [0.5, 0.6) is 0 Å². The van der Waals surface area contributed by atoms with Gasteiger partial charge in [0.05, 0.1) is 24.6 Å². The molecular weight excluding hydrogens is 418 g/mol. The fourth-order valence-electron chi connectivity index (χ4n) is 3.71. The highest BCUT2D eigenvalue weighted by molar-refractivity contribution is 7.13. The Kier molecular flexibility index (Phi) is 5.07. The van der Waals surface area contributed by atoms with E-state index in [1.165, 1.54) is 11.3 Å². The molecule has 10 heteroatoms. The summed E-state index contributed by atoms with van der Waals surface area (Å²) in [4.78, 5) is 28.7. The number of piperazine rings is 1. The molecule has 5 heterocycles. The first kappa shape index (κ1) is 20.2. The lowest BCUT2D eigenvalue weighted by Crippen LogP contribution is -2.51. The second kappa shape index (κ2) is 7.77. The van der Waals surface area contributed by atoms with E-state index in [-0.39, 0.29) is 12.2 Å². The maximum atomic E-state index is 12.3. The molecule has 2 aliphatic heterocycles. The van der Waals surface area contributed by atoms with Crippen molar-refractivity contribution in [3.8, 4) is 10.7 Å². The number of aromatic amines is 1. The molecule has 2 aliphatic rings. The third kappa shape index (κ3) is 3.98. The topological polar surface area (TPSA) is 104 Å². The second-order valence-corrected chi connectivity index (χ2v) is 9.25. The van der Waals surface area contributed by atoms with Crippen LogP contribution in [0.3, 0.4) is 0 Å². The Morgan fingerprint density at radius 1 is 1.32 bits per heavy atom. The first-order chi connectivity index (χ1) is 14.9. The number of nitrogens with zero attached hydrogens (tertiary/aromatic N) is 4. The number of hydrogen-bond acceptors (Lipinski definition) is 8. The smallest absolute Gasteiger partial charge is 0.410 e. The molecular formula is C21H25N5O4S. The Hall–Kier alpha value is -2.69. The number of thiazole rings is 1. The van der Waals surface area contributed by atoms with Crippen LogP contribution < -0.4 is 4.90 Å². The number of amides is 1. The van der Waals surface area contributed by atoms with Crippen molar-refractivity contribution in [2.75, 3.05) is 44.3 Å². The summed E-state index contributed by atoms with van der Waals surface area (Å²) in [5.74, 6) is 0. The highest BCUT2D eigenvalue weighted by Crippen LogP contribution is 2.33. The maximum absolute atomic E-state index is 12.3. The van der Waals surface area contributed by atoms with Gasteiger partial charge in [0.2, 0.25) is 0 Å². The molecule has 0 unspecified atom stereocenters. The van der Waals surface area contributed by atoms with Crippen LogP contribution in [-0.4, -0.2) is 76.5 Å². The van der Waals surface area contributed by atoms with Crippen LogP contribution in [0.4, 0.5) is 10.5 Å². The molecule has 0 aromatic carbocycles. The van der Waals surface area contributed by atoms with Gasteiger partial charge < -0.3 is 29.4 Å². The van der Waals surface area contributed by atoms with Crippen molar-refractivity contribution in [1.82, 2.24) is 19.9 Å². The first-order valence-electron chi connectivity index (χ1n) is 10.3. The van der Waals surface area contributed by atoms with Crippen LogP contribution in [-0.2, 0) is 15.1 Å². The molecule has 164 valence electrons. The van der Waals surface area contributed by atoms with Gasteiger partial charge in [-0.05, 0) is 26.0 Å². The Morgan fingerprint density at radius 2 is 2.10 bits per heavy atom. The number of pyridine rings is 1. The summed E-state index contributed by atoms with van der Waals surface area (Å²) in [5.41, 5.74) is 2.42. The number of anilines is 1. The lowest BCUT2D eigenvalue weighted by atomic mass is 10.1. The Labute approximate surface area is 183 Å². The van der Waals surface area contributed by atoms with Crippen LogP contribution in [0.1, 0.15) is 19.5 Å². The zero-order chi connectivity index (χ0) is 21.6. The zero-order valence-electron chi connectivity index (χ0n) is 17.5. The second-order valence-electron chi connectivity index (χ2n) is 8.39. The number of carbonyl (C=O) groups excluding carboxylic acids is 1. The first-order valence-corrected chi connectivity index (χ1v) is 11.2. The van der Waals surface area contributed by atoms with E-state index in [4.69, 9.17) is 9.47 Å². The molecule has 3 aromatic heterocycles. The SMILES string of the molecule is CC(C)(O)c1csc(-c2cc3c(N4CCN(C(=O)OC5COC5)CC4)ccnc3[nH]2)n1. The summed E-state index contributed by atoms with van der Waals surface area (Å²) < 4.78 is 10.5. The Balaban J connectivity index is 1.33. The lowest BCUT2D eigenvalue weighted by molar-refractivity contribution is -0.104. The molecule has 5 rings (SSSR count). The Morgan fingerprint density at radius 3 is 2.74 bits per heavy atom. The van der Waals surface area contributed by atoms with Gasteiger partial charge in [-0.2, -0.15) is 0 Å². The van der Waals surface area contributed by atoms with Crippen LogP contribution >= 0.6 is 11.3 Å². The highest BCUT2D eigenvalue weighted by Gasteiger charge is 2.29. The minimum Gasteiger partial charge on any atom is -0.441 e. The monoisotopic (exact) mass is 443 g/mol. The van der Waals surface area contributed by atoms with Gasteiger partial charge in [0.1, 0.15) is 16.3 Å². The van der Waals surface area contributed by atoms with Crippen molar-refractivity contribution in [2.45, 2.75) is 25.6 Å².